The topological polar surface area (TPSA) is 56.4 Å². The van der Waals surface area contributed by atoms with Gasteiger partial charge < -0.3 is 5.21 Å². The Morgan fingerprint density at radius 3 is 2.62 bits per heavy atom. The second-order valence-corrected chi connectivity index (χ2v) is 1.10. The SMILES string of the molecule is CC=CC(C#N)=NO. The van der Waals surface area contributed by atoms with Crippen LogP contribution < -0.4 is 0 Å². The third-order valence-corrected chi connectivity index (χ3v) is 0.547. The van der Waals surface area contributed by atoms with Gasteiger partial charge in [0.15, 0.2) is 5.71 Å². The number of allylic oxidation sites excluding steroid dienone is 2. The monoisotopic (exact) mass is 110 g/mol. The highest BCUT2D eigenvalue weighted by atomic mass is 16.4. The van der Waals surface area contributed by atoms with Gasteiger partial charge >= 0.3 is 0 Å². The van der Waals surface area contributed by atoms with Crippen molar-refractivity contribution in [1.82, 2.24) is 0 Å². The van der Waals surface area contributed by atoms with Crippen LogP contribution in [0.1, 0.15) is 6.92 Å². The van der Waals surface area contributed by atoms with E-state index in [0.717, 1.165) is 0 Å². The summed E-state index contributed by atoms with van der Waals surface area (Å²) in [4.78, 5) is 0. The van der Waals surface area contributed by atoms with Crippen molar-refractivity contribution in [2.45, 2.75) is 6.92 Å². The maximum atomic E-state index is 8.07. The predicted molar refractivity (Wildman–Crippen MR) is 29.6 cm³/mol. The molecule has 0 aliphatic rings. The van der Waals surface area contributed by atoms with Crippen LogP contribution in [-0.4, -0.2) is 10.9 Å². The van der Waals surface area contributed by atoms with E-state index in [1.54, 1.807) is 19.1 Å². The van der Waals surface area contributed by atoms with E-state index in [-0.39, 0.29) is 5.71 Å². The minimum Gasteiger partial charge on any atom is -0.410 e. The average molecular weight is 110 g/mol. The summed E-state index contributed by atoms with van der Waals surface area (Å²) in [6.07, 6.45) is 3.04. The molecule has 0 aromatic heterocycles. The standard InChI is InChI=1S/C5H6N2O/c1-2-3-5(4-6)7-8/h2-3,8H,1H3. The smallest absolute Gasteiger partial charge is 0.179 e. The molecule has 0 radical (unpaired) electrons. The largest absolute Gasteiger partial charge is 0.410 e. The highest BCUT2D eigenvalue weighted by Crippen LogP contribution is 1.76. The zero-order valence-electron chi connectivity index (χ0n) is 4.50. The molecular formula is C5H6N2O. The van der Waals surface area contributed by atoms with Crippen LogP contribution in [0.4, 0.5) is 0 Å². The molecule has 0 heterocycles. The first-order chi connectivity index (χ1) is 3.85. The highest BCUT2D eigenvalue weighted by Gasteiger charge is 1.84. The molecule has 0 saturated heterocycles. The summed E-state index contributed by atoms with van der Waals surface area (Å²) >= 11 is 0. The molecule has 42 valence electrons. The van der Waals surface area contributed by atoms with Gasteiger partial charge in [-0.1, -0.05) is 11.2 Å². The van der Waals surface area contributed by atoms with E-state index < -0.39 is 0 Å². The van der Waals surface area contributed by atoms with E-state index in [0.29, 0.717) is 0 Å². The Hall–Kier alpha value is -1.30. The molecule has 0 aliphatic carbocycles. The molecule has 1 N–H and O–H groups in total. The van der Waals surface area contributed by atoms with Crippen molar-refractivity contribution >= 4 is 5.71 Å². The molecule has 0 atom stereocenters. The summed E-state index contributed by atoms with van der Waals surface area (Å²) in [5.41, 5.74) is 0.0208. The fourth-order valence-electron chi connectivity index (χ4n) is 0.251. The lowest BCUT2D eigenvalue weighted by atomic mass is 10.4. The second-order valence-electron chi connectivity index (χ2n) is 1.10. The Morgan fingerprint density at radius 2 is 2.50 bits per heavy atom. The van der Waals surface area contributed by atoms with Crippen LogP contribution in [0.25, 0.3) is 0 Å². The summed E-state index contributed by atoms with van der Waals surface area (Å²) < 4.78 is 0. The van der Waals surface area contributed by atoms with E-state index in [1.807, 2.05) is 0 Å². The molecule has 0 aromatic carbocycles. The lowest BCUT2D eigenvalue weighted by Crippen LogP contribution is -1.84. The van der Waals surface area contributed by atoms with Crippen molar-refractivity contribution in [2.75, 3.05) is 0 Å². The van der Waals surface area contributed by atoms with Crippen molar-refractivity contribution in [2.24, 2.45) is 5.16 Å². The van der Waals surface area contributed by atoms with Crippen LogP contribution in [-0.2, 0) is 0 Å². The summed E-state index contributed by atoms with van der Waals surface area (Å²) in [5.74, 6) is 0. The Kier molecular flexibility index (Phi) is 3.25. The van der Waals surface area contributed by atoms with Gasteiger partial charge in [0, 0.05) is 0 Å². The predicted octanol–water partition coefficient (Wildman–Crippen LogP) is 0.916. The maximum Gasteiger partial charge on any atom is 0.179 e. The van der Waals surface area contributed by atoms with Gasteiger partial charge in [0.25, 0.3) is 0 Å². The van der Waals surface area contributed by atoms with Gasteiger partial charge in [0.05, 0.1) is 0 Å². The maximum absolute atomic E-state index is 8.07. The van der Waals surface area contributed by atoms with Gasteiger partial charge in [-0.25, -0.2) is 0 Å². The molecule has 3 heteroatoms. The second kappa shape index (κ2) is 3.88. The molecule has 0 rings (SSSR count). The van der Waals surface area contributed by atoms with Gasteiger partial charge in [-0.2, -0.15) is 5.26 Å². The third kappa shape index (κ3) is 1.98. The number of rotatable bonds is 1. The molecule has 0 bridgehead atoms. The summed E-state index contributed by atoms with van der Waals surface area (Å²) in [6.45, 7) is 1.74. The van der Waals surface area contributed by atoms with Gasteiger partial charge in [-0.15, -0.1) is 0 Å². The van der Waals surface area contributed by atoms with Crippen LogP contribution in [0.3, 0.4) is 0 Å². The van der Waals surface area contributed by atoms with Crippen LogP contribution in [0.2, 0.25) is 0 Å². The van der Waals surface area contributed by atoms with Gasteiger partial charge in [-0.05, 0) is 13.0 Å². The van der Waals surface area contributed by atoms with Gasteiger partial charge in [0.1, 0.15) is 6.07 Å². The Bertz CT molecular complexity index is 152. The quantitative estimate of drug-likeness (QED) is 0.310. The van der Waals surface area contributed by atoms with E-state index in [9.17, 15) is 0 Å². The van der Waals surface area contributed by atoms with E-state index in [1.165, 1.54) is 6.08 Å². The average Bonchev–Trinajstić information content (AvgIpc) is 1.83. The molecule has 0 unspecified atom stereocenters. The van der Waals surface area contributed by atoms with Crippen LogP contribution in [0.5, 0.6) is 0 Å². The van der Waals surface area contributed by atoms with E-state index in [4.69, 9.17) is 10.5 Å². The molecule has 0 saturated carbocycles. The van der Waals surface area contributed by atoms with Crippen LogP contribution in [0.15, 0.2) is 17.3 Å². The van der Waals surface area contributed by atoms with Crippen molar-refractivity contribution in [1.29, 1.82) is 5.26 Å². The van der Waals surface area contributed by atoms with Gasteiger partial charge in [-0.3, -0.25) is 0 Å². The van der Waals surface area contributed by atoms with Crippen LogP contribution in [0, 0.1) is 11.3 Å². The Morgan fingerprint density at radius 1 is 1.88 bits per heavy atom. The molecule has 0 aliphatic heterocycles. The molecular weight excluding hydrogens is 104 g/mol. The minimum atomic E-state index is 0.0208. The molecule has 8 heavy (non-hydrogen) atoms. The summed E-state index contributed by atoms with van der Waals surface area (Å²) in [6, 6.07) is 1.67. The van der Waals surface area contributed by atoms with E-state index >= 15 is 0 Å². The Labute approximate surface area is 47.5 Å². The first-order valence-electron chi connectivity index (χ1n) is 2.10. The lowest BCUT2D eigenvalue weighted by Gasteiger charge is -1.75. The van der Waals surface area contributed by atoms with E-state index in [2.05, 4.69) is 5.16 Å². The fraction of sp³-hybridized carbons (Fsp3) is 0.200. The summed E-state index contributed by atoms with van der Waals surface area (Å²) in [5, 5.41) is 18.7. The van der Waals surface area contributed by atoms with Gasteiger partial charge in [0.2, 0.25) is 0 Å². The number of oxime groups is 1. The first-order valence-corrected chi connectivity index (χ1v) is 2.10. The first kappa shape index (κ1) is 6.70. The lowest BCUT2D eigenvalue weighted by molar-refractivity contribution is 0.320. The number of hydrogen-bond acceptors (Lipinski definition) is 3. The van der Waals surface area contributed by atoms with Crippen molar-refractivity contribution < 1.29 is 5.21 Å². The molecule has 3 nitrogen and oxygen atoms in total. The number of nitriles is 1. The molecule has 0 aromatic rings. The highest BCUT2D eigenvalue weighted by molar-refractivity contribution is 6.06. The van der Waals surface area contributed by atoms with Crippen molar-refractivity contribution in [3.63, 3.8) is 0 Å². The third-order valence-electron chi connectivity index (χ3n) is 0.547. The molecule has 0 fully saturated rings. The summed E-state index contributed by atoms with van der Waals surface area (Å²) in [7, 11) is 0. The van der Waals surface area contributed by atoms with Crippen molar-refractivity contribution in [3.8, 4) is 6.07 Å². The van der Waals surface area contributed by atoms with Crippen LogP contribution >= 0.6 is 0 Å². The normalized spacial score (nSPS) is 11.8. The zero-order chi connectivity index (χ0) is 6.41. The molecule has 0 spiro atoms. The number of nitrogens with zero attached hydrogens (tertiary/aromatic N) is 2. The zero-order valence-corrected chi connectivity index (χ0v) is 4.50. The number of hydrogen-bond donors (Lipinski definition) is 1. The van der Waals surface area contributed by atoms with Crippen molar-refractivity contribution in [3.05, 3.63) is 12.2 Å². The fourth-order valence-corrected chi connectivity index (χ4v) is 0.251. The minimum absolute atomic E-state index is 0.0208. The molecule has 0 amide bonds. The Balaban J connectivity index is 3.98.